The van der Waals surface area contributed by atoms with Crippen molar-refractivity contribution in [3.05, 3.63) is 65.6 Å². The van der Waals surface area contributed by atoms with E-state index in [0.29, 0.717) is 24.3 Å². The van der Waals surface area contributed by atoms with Gasteiger partial charge in [-0.3, -0.25) is 9.59 Å². The van der Waals surface area contributed by atoms with Crippen LogP contribution in [0.2, 0.25) is 0 Å². The van der Waals surface area contributed by atoms with Crippen LogP contribution in [0.5, 0.6) is 0 Å². The minimum absolute atomic E-state index is 0.0737. The van der Waals surface area contributed by atoms with E-state index in [9.17, 15) is 14.7 Å². The van der Waals surface area contributed by atoms with Crippen LogP contribution in [0.3, 0.4) is 0 Å². The molecule has 1 aliphatic heterocycles. The van der Waals surface area contributed by atoms with Gasteiger partial charge in [-0.05, 0) is 18.6 Å². The van der Waals surface area contributed by atoms with Gasteiger partial charge in [0.15, 0.2) is 0 Å². The Morgan fingerprint density at radius 1 is 1.17 bits per heavy atom. The summed E-state index contributed by atoms with van der Waals surface area (Å²) in [6, 6.07) is 11.4. The Labute approximate surface area is 133 Å². The molecule has 2 heterocycles. The highest BCUT2D eigenvalue weighted by Crippen LogP contribution is 2.39. The SMILES string of the molecule is CCCN1C(=O)C(=O)/C(=C(\O)c2ccccc2)C1c1ccco1. The zero-order valence-corrected chi connectivity index (χ0v) is 12.7. The number of Topliss-reactive ketones (excluding diaryl/α,β-unsaturated/α-hetero) is 1. The third-order valence-electron chi connectivity index (χ3n) is 3.86. The van der Waals surface area contributed by atoms with E-state index in [1.54, 1.807) is 36.4 Å². The maximum atomic E-state index is 12.5. The van der Waals surface area contributed by atoms with Crippen LogP contribution < -0.4 is 0 Å². The minimum Gasteiger partial charge on any atom is -0.507 e. The molecule has 1 unspecified atom stereocenters. The monoisotopic (exact) mass is 311 g/mol. The van der Waals surface area contributed by atoms with E-state index in [1.165, 1.54) is 11.2 Å². The number of benzene rings is 1. The van der Waals surface area contributed by atoms with Crippen molar-refractivity contribution < 1.29 is 19.1 Å². The van der Waals surface area contributed by atoms with Crippen molar-refractivity contribution in [1.29, 1.82) is 0 Å². The molecule has 0 bridgehead atoms. The Hall–Kier alpha value is -2.82. The Morgan fingerprint density at radius 3 is 2.52 bits per heavy atom. The number of likely N-dealkylation sites (tertiary alicyclic amines) is 1. The molecule has 1 N–H and O–H groups in total. The standard InChI is InChI=1S/C18H17NO4/c1-2-10-19-15(13-9-6-11-23-13)14(17(21)18(19)22)16(20)12-7-4-3-5-8-12/h3-9,11,15,20H,2,10H2,1H3/b16-14-. The molecule has 1 aromatic heterocycles. The highest BCUT2D eigenvalue weighted by Gasteiger charge is 2.46. The van der Waals surface area contributed by atoms with Crippen LogP contribution in [-0.4, -0.2) is 28.2 Å². The van der Waals surface area contributed by atoms with E-state index in [1.807, 2.05) is 13.0 Å². The van der Waals surface area contributed by atoms with Crippen LogP contribution in [0.15, 0.2) is 58.7 Å². The first-order valence-electron chi connectivity index (χ1n) is 7.52. The van der Waals surface area contributed by atoms with Gasteiger partial charge in [0.1, 0.15) is 17.6 Å². The summed E-state index contributed by atoms with van der Waals surface area (Å²) in [6.07, 6.45) is 2.19. The summed E-state index contributed by atoms with van der Waals surface area (Å²) in [5.74, 6) is -0.994. The highest BCUT2D eigenvalue weighted by molar-refractivity contribution is 6.46. The summed E-state index contributed by atoms with van der Waals surface area (Å²) in [7, 11) is 0. The summed E-state index contributed by atoms with van der Waals surface area (Å²) >= 11 is 0. The first kappa shape index (κ1) is 15.1. The molecular weight excluding hydrogens is 294 g/mol. The Bertz CT molecular complexity index is 747. The van der Waals surface area contributed by atoms with Gasteiger partial charge in [0.2, 0.25) is 0 Å². The molecule has 2 aromatic rings. The summed E-state index contributed by atoms with van der Waals surface area (Å²) in [4.78, 5) is 26.3. The number of aliphatic hydroxyl groups excluding tert-OH is 1. The van der Waals surface area contributed by atoms with Crippen LogP contribution in [0, 0.1) is 0 Å². The molecule has 1 aliphatic rings. The lowest BCUT2D eigenvalue weighted by atomic mass is 9.99. The van der Waals surface area contributed by atoms with Gasteiger partial charge in [0.05, 0.1) is 11.8 Å². The number of furan rings is 1. The molecule has 0 saturated carbocycles. The topological polar surface area (TPSA) is 70.8 Å². The third kappa shape index (κ3) is 2.54. The van der Waals surface area contributed by atoms with Gasteiger partial charge in [-0.1, -0.05) is 37.3 Å². The molecule has 23 heavy (non-hydrogen) atoms. The number of hydrogen-bond acceptors (Lipinski definition) is 4. The fourth-order valence-corrected chi connectivity index (χ4v) is 2.85. The molecule has 0 spiro atoms. The van der Waals surface area contributed by atoms with E-state index in [-0.39, 0.29) is 11.3 Å². The predicted molar refractivity (Wildman–Crippen MR) is 84.5 cm³/mol. The molecule has 5 heteroatoms. The molecule has 1 atom stereocenters. The molecule has 0 radical (unpaired) electrons. The van der Waals surface area contributed by atoms with Gasteiger partial charge < -0.3 is 14.4 Å². The van der Waals surface area contributed by atoms with Crippen molar-refractivity contribution in [3.8, 4) is 0 Å². The van der Waals surface area contributed by atoms with Crippen molar-refractivity contribution in [2.45, 2.75) is 19.4 Å². The predicted octanol–water partition coefficient (Wildman–Crippen LogP) is 3.11. The van der Waals surface area contributed by atoms with Crippen molar-refractivity contribution in [3.63, 3.8) is 0 Å². The van der Waals surface area contributed by atoms with E-state index < -0.39 is 17.7 Å². The van der Waals surface area contributed by atoms with Gasteiger partial charge in [-0.25, -0.2) is 0 Å². The van der Waals surface area contributed by atoms with Crippen LogP contribution in [0.25, 0.3) is 5.76 Å². The molecule has 5 nitrogen and oxygen atoms in total. The molecular formula is C18H17NO4. The number of amides is 1. The average molecular weight is 311 g/mol. The molecule has 1 fully saturated rings. The second-order valence-corrected chi connectivity index (χ2v) is 5.37. The first-order chi connectivity index (χ1) is 11.1. The molecule has 118 valence electrons. The summed E-state index contributed by atoms with van der Waals surface area (Å²) in [6.45, 7) is 2.34. The number of rotatable bonds is 4. The fourth-order valence-electron chi connectivity index (χ4n) is 2.85. The lowest BCUT2D eigenvalue weighted by Gasteiger charge is -2.22. The quantitative estimate of drug-likeness (QED) is 0.535. The second-order valence-electron chi connectivity index (χ2n) is 5.37. The van der Waals surface area contributed by atoms with Gasteiger partial charge in [-0.2, -0.15) is 0 Å². The van der Waals surface area contributed by atoms with Crippen LogP contribution in [-0.2, 0) is 9.59 Å². The number of aliphatic hydroxyl groups is 1. The first-order valence-corrected chi connectivity index (χ1v) is 7.52. The van der Waals surface area contributed by atoms with Crippen molar-refractivity contribution in [2.75, 3.05) is 6.54 Å². The smallest absolute Gasteiger partial charge is 0.295 e. The van der Waals surface area contributed by atoms with E-state index in [0.717, 1.165) is 0 Å². The lowest BCUT2D eigenvalue weighted by Crippen LogP contribution is -2.30. The number of nitrogens with zero attached hydrogens (tertiary/aromatic N) is 1. The fraction of sp³-hybridized carbons (Fsp3) is 0.222. The maximum Gasteiger partial charge on any atom is 0.295 e. The molecule has 1 aromatic carbocycles. The largest absolute Gasteiger partial charge is 0.507 e. The zero-order chi connectivity index (χ0) is 16.4. The molecule has 1 amide bonds. The lowest BCUT2D eigenvalue weighted by molar-refractivity contribution is -0.140. The summed E-state index contributed by atoms with van der Waals surface area (Å²) in [5, 5.41) is 10.6. The zero-order valence-electron chi connectivity index (χ0n) is 12.7. The number of carbonyl (C=O) groups is 2. The van der Waals surface area contributed by atoms with Gasteiger partial charge in [-0.15, -0.1) is 0 Å². The number of hydrogen-bond donors (Lipinski definition) is 1. The van der Waals surface area contributed by atoms with Crippen LogP contribution >= 0.6 is 0 Å². The van der Waals surface area contributed by atoms with Crippen molar-refractivity contribution >= 4 is 17.4 Å². The Morgan fingerprint density at radius 2 is 1.91 bits per heavy atom. The average Bonchev–Trinajstić information content (AvgIpc) is 3.18. The highest BCUT2D eigenvalue weighted by atomic mass is 16.3. The van der Waals surface area contributed by atoms with E-state index in [4.69, 9.17) is 4.42 Å². The summed E-state index contributed by atoms with van der Waals surface area (Å²) in [5.41, 5.74) is 0.572. The van der Waals surface area contributed by atoms with Crippen molar-refractivity contribution in [2.24, 2.45) is 0 Å². The van der Waals surface area contributed by atoms with Crippen molar-refractivity contribution in [1.82, 2.24) is 4.90 Å². The maximum absolute atomic E-state index is 12.5. The van der Waals surface area contributed by atoms with Crippen LogP contribution in [0.1, 0.15) is 30.7 Å². The minimum atomic E-state index is -0.690. The normalized spacial score (nSPS) is 20.2. The molecule has 1 saturated heterocycles. The molecule has 0 aliphatic carbocycles. The number of carbonyl (C=O) groups excluding carboxylic acids is 2. The number of ketones is 1. The third-order valence-corrected chi connectivity index (χ3v) is 3.86. The van der Waals surface area contributed by atoms with E-state index >= 15 is 0 Å². The molecule has 3 rings (SSSR count). The summed E-state index contributed by atoms with van der Waals surface area (Å²) < 4.78 is 5.42. The van der Waals surface area contributed by atoms with Crippen LogP contribution in [0.4, 0.5) is 0 Å². The Kier molecular flexibility index (Phi) is 4.02. The van der Waals surface area contributed by atoms with Gasteiger partial charge >= 0.3 is 0 Å². The van der Waals surface area contributed by atoms with Gasteiger partial charge in [0.25, 0.3) is 11.7 Å². The van der Waals surface area contributed by atoms with Gasteiger partial charge in [0, 0.05) is 12.1 Å². The Balaban J connectivity index is 2.16. The van der Waals surface area contributed by atoms with E-state index in [2.05, 4.69) is 0 Å². The second kappa shape index (κ2) is 6.12.